The smallest absolute Gasteiger partial charge is 0.348 e. The second kappa shape index (κ2) is 5.45. The fourth-order valence-corrected chi connectivity index (χ4v) is 1.26. The molecule has 5 heteroatoms. The zero-order valence-corrected chi connectivity index (χ0v) is 8.54. The normalized spacial score (nSPS) is 12.6. The van der Waals surface area contributed by atoms with Gasteiger partial charge in [0.1, 0.15) is 0 Å². The van der Waals surface area contributed by atoms with Gasteiger partial charge in [-0.15, -0.1) is 6.58 Å². The van der Waals surface area contributed by atoms with Gasteiger partial charge < -0.3 is 18.6 Å². The number of hydrogen-bond donors (Lipinski definition) is 0. The van der Waals surface area contributed by atoms with E-state index >= 15 is 0 Å². The van der Waals surface area contributed by atoms with Crippen LogP contribution in [0.1, 0.15) is 0 Å². The van der Waals surface area contributed by atoms with E-state index in [-0.39, 0.29) is 0 Å². The first-order valence-electron chi connectivity index (χ1n) is 3.15. The molecule has 0 atom stereocenters. The summed E-state index contributed by atoms with van der Waals surface area (Å²) >= 11 is 0. The number of ether oxygens (including phenoxy) is 3. The first-order valence-corrected chi connectivity index (χ1v) is 4.54. The van der Waals surface area contributed by atoms with E-state index in [2.05, 4.69) is 6.58 Å². The fourth-order valence-electron chi connectivity index (χ4n) is 0.588. The molecule has 0 heterocycles. The predicted octanol–water partition coefficient (Wildman–Crippen LogP) is -0.219. The summed E-state index contributed by atoms with van der Waals surface area (Å²) in [5, 5.41) is 0. The molecule has 0 unspecified atom stereocenters. The topological polar surface area (TPSA) is 36.9 Å². The highest BCUT2D eigenvalue weighted by molar-refractivity contribution is 6.34. The van der Waals surface area contributed by atoms with Crippen LogP contribution < -0.4 is 0 Å². The largest absolute Gasteiger partial charge is 0.402 e. The molecular formula is C6H14O4Si. The van der Waals surface area contributed by atoms with Crippen LogP contribution in [0, 0.1) is 0 Å². The van der Waals surface area contributed by atoms with Gasteiger partial charge in [0.25, 0.3) is 0 Å². The second-order valence-electron chi connectivity index (χ2n) is 1.71. The Morgan fingerprint density at radius 1 is 1.18 bits per heavy atom. The van der Waals surface area contributed by atoms with Crippen molar-refractivity contribution in [3.8, 4) is 0 Å². The maximum Gasteiger partial charge on any atom is 0.402 e. The van der Waals surface area contributed by atoms with E-state index in [1.54, 1.807) is 5.70 Å². The predicted molar refractivity (Wildman–Crippen MR) is 43.6 cm³/mol. The molecule has 0 aromatic heterocycles. The van der Waals surface area contributed by atoms with Gasteiger partial charge in [0.15, 0.2) is 9.76 Å². The Hall–Kier alpha value is -0.203. The number of rotatable bonds is 6. The zero-order chi connectivity index (χ0) is 8.74. The third kappa shape index (κ3) is 3.13. The Morgan fingerprint density at radius 3 is 1.91 bits per heavy atom. The molecule has 0 rings (SSSR count). The molecule has 0 aliphatic heterocycles. The lowest BCUT2D eigenvalue weighted by atomic mass is 11.0. The van der Waals surface area contributed by atoms with Gasteiger partial charge in [-0.2, -0.15) is 0 Å². The van der Waals surface area contributed by atoms with Crippen LogP contribution in [0.4, 0.5) is 0 Å². The van der Waals surface area contributed by atoms with Crippen molar-refractivity contribution in [2.45, 2.75) is 6.16 Å². The van der Waals surface area contributed by atoms with Gasteiger partial charge in [0.2, 0.25) is 0 Å². The molecular weight excluding hydrogens is 164 g/mol. The summed E-state index contributed by atoms with van der Waals surface area (Å²) in [6.07, 6.45) is -1.33. The first kappa shape index (κ1) is 10.8. The van der Waals surface area contributed by atoms with E-state index in [0.717, 1.165) is 0 Å². The molecule has 0 fully saturated rings. The fraction of sp³-hybridized carbons (Fsp3) is 0.667. The van der Waals surface area contributed by atoms with Gasteiger partial charge in [-0.25, -0.2) is 0 Å². The van der Waals surface area contributed by atoms with Crippen molar-refractivity contribution in [1.29, 1.82) is 0 Å². The lowest BCUT2D eigenvalue weighted by Crippen LogP contribution is -2.40. The molecule has 0 aromatic rings. The Bertz CT molecular complexity index is 105. The molecule has 0 bridgehead atoms. The zero-order valence-electron chi connectivity index (χ0n) is 7.12. The molecule has 4 nitrogen and oxygen atoms in total. The molecule has 0 spiro atoms. The van der Waals surface area contributed by atoms with Crippen LogP contribution in [0.3, 0.4) is 0 Å². The summed E-state index contributed by atoms with van der Waals surface area (Å²) in [7, 11) is 3.52. The highest BCUT2D eigenvalue weighted by Crippen LogP contribution is 2.12. The van der Waals surface area contributed by atoms with E-state index in [1.807, 2.05) is 0 Å². The summed E-state index contributed by atoms with van der Waals surface area (Å²) in [6, 6.07) is 0. The first-order chi connectivity index (χ1) is 5.24. The Kier molecular flexibility index (Phi) is 5.35. The van der Waals surface area contributed by atoms with Crippen molar-refractivity contribution in [3.05, 3.63) is 12.3 Å². The van der Waals surface area contributed by atoms with Crippen molar-refractivity contribution in [1.82, 2.24) is 0 Å². The van der Waals surface area contributed by atoms with Crippen LogP contribution in [0.5, 0.6) is 0 Å². The van der Waals surface area contributed by atoms with Crippen molar-refractivity contribution in [2.75, 3.05) is 21.3 Å². The van der Waals surface area contributed by atoms with Gasteiger partial charge >= 0.3 is 6.16 Å². The lowest BCUT2D eigenvalue weighted by Gasteiger charge is -2.27. The molecule has 0 aliphatic carbocycles. The molecule has 0 amide bonds. The van der Waals surface area contributed by atoms with Crippen LogP contribution in [0.15, 0.2) is 12.3 Å². The van der Waals surface area contributed by atoms with Crippen LogP contribution in [-0.2, 0) is 18.6 Å². The quantitative estimate of drug-likeness (QED) is 0.416. The van der Waals surface area contributed by atoms with E-state index in [0.29, 0.717) is 0 Å². The Labute approximate surface area is 69.0 Å². The van der Waals surface area contributed by atoms with Crippen molar-refractivity contribution >= 4 is 9.76 Å². The molecule has 0 radical (unpaired) electrons. The van der Waals surface area contributed by atoms with E-state index < -0.39 is 15.9 Å². The van der Waals surface area contributed by atoms with Crippen LogP contribution in [0.2, 0.25) is 0 Å². The molecule has 0 saturated heterocycles. The molecule has 11 heavy (non-hydrogen) atoms. The molecule has 0 saturated carbocycles. The summed E-state index contributed by atoms with van der Waals surface area (Å²) < 4.78 is 19.8. The molecule has 0 aliphatic rings. The van der Waals surface area contributed by atoms with Gasteiger partial charge in [-0.1, -0.05) is 5.70 Å². The van der Waals surface area contributed by atoms with Crippen LogP contribution in [-0.4, -0.2) is 37.3 Å². The Balaban J connectivity index is 3.93. The van der Waals surface area contributed by atoms with Crippen molar-refractivity contribution in [3.63, 3.8) is 0 Å². The third-order valence-corrected chi connectivity index (χ3v) is 1.88. The molecule has 66 valence electrons. The number of hydrogen-bond acceptors (Lipinski definition) is 4. The van der Waals surface area contributed by atoms with E-state index in [4.69, 9.17) is 18.6 Å². The summed E-state index contributed by atoms with van der Waals surface area (Å²) in [6.45, 7) is 3.54. The highest BCUT2D eigenvalue weighted by atomic mass is 28.2. The standard InChI is InChI=1S/C6H14O4Si/c1-5-11-10-6(7-2,8-3)9-4/h5H,1,11H2,2-4H3. The molecule has 0 aromatic carbocycles. The lowest BCUT2D eigenvalue weighted by molar-refractivity contribution is -0.450. The van der Waals surface area contributed by atoms with E-state index in [1.165, 1.54) is 21.3 Å². The second-order valence-corrected chi connectivity index (χ2v) is 2.91. The summed E-state index contributed by atoms with van der Waals surface area (Å²) in [4.78, 5) is 0. The Morgan fingerprint density at radius 2 is 1.64 bits per heavy atom. The minimum absolute atomic E-state index is 0.827. The number of methoxy groups -OCH3 is 3. The van der Waals surface area contributed by atoms with Gasteiger partial charge in [-0.05, 0) is 0 Å². The maximum atomic E-state index is 5.18. The minimum atomic E-state index is -1.33. The highest BCUT2D eigenvalue weighted by Gasteiger charge is 2.29. The van der Waals surface area contributed by atoms with Gasteiger partial charge in [0, 0.05) is 21.3 Å². The summed E-state index contributed by atoms with van der Waals surface area (Å²) in [5.74, 6) is 0. The van der Waals surface area contributed by atoms with Gasteiger partial charge in [0.05, 0.1) is 0 Å². The average Bonchev–Trinajstić information content (AvgIpc) is 2.08. The minimum Gasteiger partial charge on any atom is -0.348 e. The third-order valence-electron chi connectivity index (χ3n) is 1.13. The van der Waals surface area contributed by atoms with Crippen molar-refractivity contribution in [2.24, 2.45) is 0 Å². The average molecular weight is 178 g/mol. The van der Waals surface area contributed by atoms with Gasteiger partial charge in [-0.3, -0.25) is 0 Å². The van der Waals surface area contributed by atoms with Crippen LogP contribution in [0.25, 0.3) is 0 Å². The molecule has 0 N–H and O–H groups in total. The monoisotopic (exact) mass is 178 g/mol. The SMILES string of the molecule is C=C[SiH2]OC(OC)(OC)OC. The summed E-state index contributed by atoms with van der Waals surface area (Å²) in [5.41, 5.74) is 1.71. The van der Waals surface area contributed by atoms with Crippen LogP contribution >= 0.6 is 0 Å². The van der Waals surface area contributed by atoms with Crippen molar-refractivity contribution < 1.29 is 18.6 Å². The van der Waals surface area contributed by atoms with E-state index in [9.17, 15) is 0 Å². The maximum absolute atomic E-state index is 5.18.